The lowest BCUT2D eigenvalue weighted by atomic mass is 9.81. The van der Waals surface area contributed by atoms with E-state index in [-0.39, 0.29) is 17.7 Å². The Balaban J connectivity index is 2.47. The summed E-state index contributed by atoms with van der Waals surface area (Å²) in [6.45, 7) is 9.51. The molecule has 1 aromatic carbocycles. The molecule has 0 aliphatic carbocycles. The van der Waals surface area contributed by atoms with E-state index in [1.165, 1.54) is 4.90 Å². The molecule has 2 rings (SSSR count). The first-order valence-electron chi connectivity index (χ1n) is 9.28. The Morgan fingerprint density at radius 3 is 2.35 bits per heavy atom. The molecule has 144 valence electrons. The molecule has 3 atom stereocenters. The van der Waals surface area contributed by atoms with E-state index in [1.54, 1.807) is 24.3 Å². The highest BCUT2D eigenvalue weighted by molar-refractivity contribution is 6.10. The molecule has 0 saturated heterocycles. The van der Waals surface area contributed by atoms with Crippen molar-refractivity contribution in [2.45, 2.75) is 71.5 Å². The maximum Gasteiger partial charge on any atom is 0.407 e. The minimum absolute atomic E-state index is 0.140. The number of ketones is 1. The van der Waals surface area contributed by atoms with Gasteiger partial charge in [0.25, 0.3) is 0 Å². The summed E-state index contributed by atoms with van der Waals surface area (Å²) in [4.78, 5) is 26.5. The van der Waals surface area contributed by atoms with E-state index >= 15 is 0 Å². The fourth-order valence-electron chi connectivity index (χ4n) is 4.17. The summed E-state index contributed by atoms with van der Waals surface area (Å²) in [6, 6.07) is 5.85. The SMILES string of the molecule is CCC[C@@H](C1C(=O)c2ccccc2N1O)[C@H](CC)N(C(=O)O)C(C)(C)C. The largest absolute Gasteiger partial charge is 0.465 e. The Hall–Kier alpha value is -2.08. The minimum atomic E-state index is -1.00. The molecule has 0 radical (unpaired) electrons. The van der Waals surface area contributed by atoms with Crippen LogP contribution in [0.5, 0.6) is 0 Å². The summed E-state index contributed by atoms with van der Waals surface area (Å²) >= 11 is 0. The molecule has 1 heterocycles. The number of hydrogen-bond donors (Lipinski definition) is 2. The number of rotatable bonds is 6. The zero-order chi connectivity index (χ0) is 19.6. The fraction of sp³-hybridized carbons (Fsp3) is 0.600. The lowest BCUT2D eigenvalue weighted by Crippen LogP contribution is -2.57. The fourth-order valence-corrected chi connectivity index (χ4v) is 4.17. The van der Waals surface area contributed by atoms with Gasteiger partial charge in [0.05, 0.1) is 5.69 Å². The number of Topliss-reactive ketones (excluding diaryl/α,β-unsaturated/α-hetero) is 1. The Labute approximate surface area is 155 Å². The molecule has 2 N–H and O–H groups in total. The van der Waals surface area contributed by atoms with Gasteiger partial charge in [0, 0.05) is 23.1 Å². The van der Waals surface area contributed by atoms with Crippen molar-refractivity contribution >= 4 is 17.6 Å². The van der Waals surface area contributed by atoms with E-state index in [9.17, 15) is 19.9 Å². The van der Waals surface area contributed by atoms with Crippen LogP contribution in [0, 0.1) is 5.92 Å². The van der Waals surface area contributed by atoms with Crippen LogP contribution in [-0.2, 0) is 0 Å². The summed E-state index contributed by atoms with van der Waals surface area (Å²) in [5, 5.41) is 21.6. The van der Waals surface area contributed by atoms with Crippen LogP contribution >= 0.6 is 0 Å². The molecule has 1 amide bonds. The van der Waals surface area contributed by atoms with Gasteiger partial charge < -0.3 is 10.0 Å². The predicted octanol–water partition coefficient (Wildman–Crippen LogP) is 4.42. The first kappa shape index (κ1) is 20.2. The quantitative estimate of drug-likeness (QED) is 0.783. The van der Waals surface area contributed by atoms with Crippen LogP contribution < -0.4 is 5.06 Å². The number of carbonyl (C=O) groups excluding carboxylic acids is 1. The van der Waals surface area contributed by atoms with E-state index in [1.807, 2.05) is 34.6 Å². The Morgan fingerprint density at radius 2 is 1.88 bits per heavy atom. The van der Waals surface area contributed by atoms with Crippen molar-refractivity contribution in [3.05, 3.63) is 29.8 Å². The zero-order valence-corrected chi connectivity index (χ0v) is 16.3. The van der Waals surface area contributed by atoms with Gasteiger partial charge >= 0.3 is 6.09 Å². The van der Waals surface area contributed by atoms with E-state index < -0.39 is 17.7 Å². The Kier molecular flexibility index (Phi) is 5.96. The van der Waals surface area contributed by atoms with E-state index in [2.05, 4.69) is 0 Å². The number of anilines is 1. The summed E-state index contributed by atoms with van der Waals surface area (Å²) in [7, 11) is 0. The van der Waals surface area contributed by atoms with Gasteiger partial charge in [0.2, 0.25) is 0 Å². The average Bonchev–Trinajstić information content (AvgIpc) is 2.81. The van der Waals surface area contributed by atoms with E-state index in [4.69, 9.17) is 0 Å². The van der Waals surface area contributed by atoms with Crippen molar-refractivity contribution in [3.8, 4) is 0 Å². The van der Waals surface area contributed by atoms with Crippen LogP contribution in [0.1, 0.15) is 64.2 Å². The molecule has 6 nitrogen and oxygen atoms in total. The van der Waals surface area contributed by atoms with Crippen LogP contribution in [0.15, 0.2) is 24.3 Å². The van der Waals surface area contributed by atoms with Gasteiger partial charge in [-0.05, 0) is 45.7 Å². The molecular weight excluding hydrogens is 332 g/mol. The van der Waals surface area contributed by atoms with Gasteiger partial charge in [-0.3, -0.25) is 10.0 Å². The van der Waals surface area contributed by atoms with Gasteiger partial charge in [-0.1, -0.05) is 32.4 Å². The van der Waals surface area contributed by atoms with Crippen molar-refractivity contribution < 1.29 is 19.9 Å². The number of hydroxylamine groups is 1. The highest BCUT2D eigenvalue weighted by Gasteiger charge is 2.47. The number of hydrogen-bond acceptors (Lipinski definition) is 4. The summed E-state index contributed by atoms with van der Waals surface area (Å²) in [5.41, 5.74) is 0.387. The van der Waals surface area contributed by atoms with Gasteiger partial charge in [-0.2, -0.15) is 0 Å². The molecule has 0 spiro atoms. The molecule has 26 heavy (non-hydrogen) atoms. The number of fused-ring (bicyclic) bond motifs is 1. The van der Waals surface area contributed by atoms with Gasteiger partial charge in [0.1, 0.15) is 6.04 Å². The van der Waals surface area contributed by atoms with Crippen molar-refractivity contribution in [1.82, 2.24) is 4.90 Å². The second-order valence-electron chi connectivity index (χ2n) is 7.92. The number of amides is 1. The summed E-state index contributed by atoms with van der Waals surface area (Å²) in [6.07, 6.45) is 1.02. The number of para-hydroxylation sites is 1. The normalized spacial score (nSPS) is 19.2. The number of carbonyl (C=O) groups is 2. The topological polar surface area (TPSA) is 81.1 Å². The minimum Gasteiger partial charge on any atom is -0.465 e. The van der Waals surface area contributed by atoms with E-state index in [0.717, 1.165) is 11.5 Å². The van der Waals surface area contributed by atoms with Gasteiger partial charge in [-0.25, -0.2) is 9.86 Å². The second-order valence-corrected chi connectivity index (χ2v) is 7.92. The number of carboxylic acid groups (broad SMARTS) is 1. The second kappa shape index (κ2) is 7.66. The molecule has 1 unspecified atom stereocenters. The van der Waals surface area contributed by atoms with E-state index in [0.29, 0.717) is 24.1 Å². The molecule has 0 bridgehead atoms. The standard InChI is InChI=1S/C20H30N2O4/c1-6-10-13(15(7-2)21(19(24)25)20(3,4)5)17-18(23)14-11-8-9-12-16(14)22(17)26/h8-9,11-13,15,17,26H,6-7,10H2,1-5H3,(H,24,25)/t13-,15+,17?/m1/s1. The molecule has 6 heteroatoms. The average molecular weight is 362 g/mol. The highest BCUT2D eigenvalue weighted by atomic mass is 16.5. The van der Waals surface area contributed by atoms with Crippen LogP contribution in [0.4, 0.5) is 10.5 Å². The summed E-state index contributed by atoms with van der Waals surface area (Å²) in [5.74, 6) is -0.440. The Bertz CT molecular complexity index is 668. The predicted molar refractivity (Wildman–Crippen MR) is 101 cm³/mol. The molecule has 1 aliphatic rings. The molecule has 1 aromatic rings. The first-order valence-corrected chi connectivity index (χ1v) is 9.28. The van der Waals surface area contributed by atoms with Crippen LogP contribution in [0.25, 0.3) is 0 Å². The molecule has 0 aromatic heterocycles. The maximum atomic E-state index is 13.0. The van der Waals surface area contributed by atoms with Gasteiger partial charge in [-0.15, -0.1) is 0 Å². The molecule has 0 fully saturated rings. The van der Waals surface area contributed by atoms with Crippen molar-refractivity contribution in [3.63, 3.8) is 0 Å². The first-order chi connectivity index (χ1) is 12.1. The smallest absolute Gasteiger partial charge is 0.407 e. The third-order valence-corrected chi connectivity index (χ3v) is 5.15. The van der Waals surface area contributed by atoms with Gasteiger partial charge in [0.15, 0.2) is 5.78 Å². The third-order valence-electron chi connectivity index (χ3n) is 5.15. The third kappa shape index (κ3) is 3.56. The van der Waals surface area contributed by atoms with Crippen molar-refractivity contribution in [1.29, 1.82) is 0 Å². The molecule has 1 aliphatic heterocycles. The molecular formula is C20H30N2O4. The monoisotopic (exact) mass is 362 g/mol. The van der Waals surface area contributed by atoms with Crippen molar-refractivity contribution in [2.24, 2.45) is 5.92 Å². The Morgan fingerprint density at radius 1 is 1.27 bits per heavy atom. The highest BCUT2D eigenvalue weighted by Crippen LogP contribution is 2.39. The lowest BCUT2D eigenvalue weighted by molar-refractivity contribution is 0.0291. The molecule has 0 saturated carbocycles. The maximum absolute atomic E-state index is 13.0. The summed E-state index contributed by atoms with van der Waals surface area (Å²) < 4.78 is 0. The lowest BCUT2D eigenvalue weighted by Gasteiger charge is -2.45. The van der Waals surface area contributed by atoms with Crippen molar-refractivity contribution in [2.75, 3.05) is 5.06 Å². The van der Waals surface area contributed by atoms with Crippen LogP contribution in [-0.4, -0.2) is 44.7 Å². The zero-order valence-electron chi connectivity index (χ0n) is 16.3. The number of benzene rings is 1. The number of nitrogens with zero attached hydrogens (tertiary/aromatic N) is 2. The van der Waals surface area contributed by atoms with Crippen LogP contribution in [0.3, 0.4) is 0 Å². The van der Waals surface area contributed by atoms with Crippen LogP contribution in [0.2, 0.25) is 0 Å².